The molecule has 0 atom stereocenters. The van der Waals surface area contributed by atoms with Crippen LogP contribution in [0.2, 0.25) is 5.02 Å². The number of hydrogen-bond acceptors (Lipinski definition) is 6. The number of esters is 1. The maximum Gasteiger partial charge on any atom is 0.343 e. The number of carbonyl (C=O) groups excluding carboxylic acids is 2. The highest BCUT2D eigenvalue weighted by atomic mass is 35.5. The number of anilines is 1. The summed E-state index contributed by atoms with van der Waals surface area (Å²) in [4.78, 5) is 25.0. The number of benzene rings is 4. The van der Waals surface area contributed by atoms with Crippen LogP contribution >= 0.6 is 11.6 Å². The van der Waals surface area contributed by atoms with Crippen molar-refractivity contribution in [1.82, 2.24) is 5.43 Å². The van der Waals surface area contributed by atoms with E-state index < -0.39 is 28.4 Å². The highest BCUT2D eigenvalue weighted by molar-refractivity contribution is 7.92. The van der Waals surface area contributed by atoms with Crippen LogP contribution in [0.25, 0.3) is 0 Å². The first-order valence-corrected chi connectivity index (χ1v) is 14.0. The van der Waals surface area contributed by atoms with E-state index in [4.69, 9.17) is 16.3 Å². The van der Waals surface area contributed by atoms with E-state index in [0.29, 0.717) is 21.9 Å². The van der Waals surface area contributed by atoms with E-state index in [-0.39, 0.29) is 10.6 Å². The van der Waals surface area contributed by atoms with Crippen LogP contribution in [0.4, 0.5) is 5.69 Å². The average Bonchev–Trinajstić information content (AvgIpc) is 2.95. The second-order valence-electron chi connectivity index (χ2n) is 8.88. The van der Waals surface area contributed by atoms with Gasteiger partial charge >= 0.3 is 5.97 Å². The van der Waals surface area contributed by atoms with Gasteiger partial charge in [-0.05, 0) is 85.6 Å². The summed E-state index contributed by atoms with van der Waals surface area (Å²) in [6.45, 7) is 3.12. The van der Waals surface area contributed by atoms with Crippen molar-refractivity contribution in [3.63, 3.8) is 0 Å². The molecule has 0 fully saturated rings. The minimum Gasteiger partial charge on any atom is -0.423 e. The Balaban J connectivity index is 1.44. The summed E-state index contributed by atoms with van der Waals surface area (Å²) in [7, 11) is -4.09. The molecule has 0 unspecified atom stereocenters. The Morgan fingerprint density at radius 3 is 2.25 bits per heavy atom. The molecular weight excluding hydrogens is 550 g/mol. The second kappa shape index (κ2) is 12.6. The Morgan fingerprint density at radius 2 is 1.60 bits per heavy atom. The second-order valence-corrected chi connectivity index (χ2v) is 11.1. The van der Waals surface area contributed by atoms with Gasteiger partial charge in [-0.25, -0.2) is 18.6 Å². The van der Waals surface area contributed by atoms with E-state index >= 15 is 0 Å². The number of aryl methyl sites for hydroxylation is 2. The van der Waals surface area contributed by atoms with Gasteiger partial charge in [0, 0.05) is 5.02 Å². The first-order valence-electron chi connectivity index (χ1n) is 12.2. The first kappa shape index (κ1) is 28.5. The molecule has 4 aromatic carbocycles. The minimum atomic E-state index is -4.09. The van der Waals surface area contributed by atoms with Crippen LogP contribution < -0.4 is 14.5 Å². The van der Waals surface area contributed by atoms with Gasteiger partial charge < -0.3 is 4.74 Å². The van der Waals surface area contributed by atoms with Gasteiger partial charge in [0.1, 0.15) is 12.3 Å². The summed E-state index contributed by atoms with van der Waals surface area (Å²) < 4.78 is 33.3. The Labute approximate surface area is 237 Å². The van der Waals surface area contributed by atoms with Crippen molar-refractivity contribution in [1.29, 1.82) is 0 Å². The summed E-state index contributed by atoms with van der Waals surface area (Å²) in [6.07, 6.45) is 1.39. The molecule has 40 heavy (non-hydrogen) atoms. The molecule has 0 bridgehead atoms. The Hall–Kier alpha value is -4.47. The molecule has 0 spiro atoms. The normalized spacial score (nSPS) is 11.3. The van der Waals surface area contributed by atoms with E-state index in [1.54, 1.807) is 79.7 Å². The maximum atomic E-state index is 13.5. The first-order chi connectivity index (χ1) is 19.1. The van der Waals surface area contributed by atoms with Gasteiger partial charge in [0.05, 0.1) is 22.4 Å². The number of sulfonamides is 1. The van der Waals surface area contributed by atoms with Crippen molar-refractivity contribution < 1.29 is 22.7 Å². The summed E-state index contributed by atoms with van der Waals surface area (Å²) in [5.74, 6) is -0.782. The predicted octanol–water partition coefficient (Wildman–Crippen LogP) is 5.52. The third kappa shape index (κ3) is 7.13. The van der Waals surface area contributed by atoms with Gasteiger partial charge in [0.25, 0.3) is 15.9 Å². The van der Waals surface area contributed by atoms with E-state index in [1.165, 1.54) is 24.4 Å². The molecule has 1 N–H and O–H groups in total. The van der Waals surface area contributed by atoms with Crippen LogP contribution in [0.5, 0.6) is 5.75 Å². The summed E-state index contributed by atoms with van der Waals surface area (Å²) in [6, 6.07) is 26.3. The van der Waals surface area contributed by atoms with E-state index in [2.05, 4.69) is 10.5 Å². The van der Waals surface area contributed by atoms with Crippen LogP contribution in [0.3, 0.4) is 0 Å². The Morgan fingerprint density at radius 1 is 0.925 bits per heavy atom. The molecule has 0 radical (unpaired) electrons. The molecular formula is C30H26ClN3O5S. The van der Waals surface area contributed by atoms with Crippen LogP contribution in [0.1, 0.15) is 27.0 Å². The Bertz CT molecular complexity index is 1640. The molecule has 10 heteroatoms. The molecule has 0 saturated heterocycles. The number of halogens is 1. The van der Waals surface area contributed by atoms with E-state index in [0.717, 1.165) is 15.4 Å². The Kier molecular flexibility index (Phi) is 8.98. The summed E-state index contributed by atoms with van der Waals surface area (Å²) in [5, 5.41) is 4.32. The lowest BCUT2D eigenvalue weighted by Crippen LogP contribution is -2.39. The third-order valence-corrected chi connectivity index (χ3v) is 8.04. The van der Waals surface area contributed by atoms with Crippen LogP contribution in [0.15, 0.2) is 107 Å². The number of ether oxygens (including phenoxy) is 1. The van der Waals surface area contributed by atoms with Crippen molar-refractivity contribution in [3.8, 4) is 5.75 Å². The monoisotopic (exact) mass is 575 g/mol. The number of carbonyl (C=O) groups is 2. The zero-order chi connectivity index (χ0) is 28.7. The van der Waals surface area contributed by atoms with Gasteiger partial charge in [-0.1, -0.05) is 53.6 Å². The van der Waals surface area contributed by atoms with Crippen molar-refractivity contribution >= 4 is 45.4 Å². The topological polar surface area (TPSA) is 105 Å². The molecule has 1 amide bonds. The number of hydrogen-bond donors (Lipinski definition) is 1. The number of rotatable bonds is 9. The molecule has 204 valence electrons. The van der Waals surface area contributed by atoms with Crippen LogP contribution in [0, 0.1) is 13.8 Å². The molecule has 0 aliphatic carbocycles. The maximum absolute atomic E-state index is 13.5. The highest BCUT2D eigenvalue weighted by Crippen LogP contribution is 2.28. The fourth-order valence-electron chi connectivity index (χ4n) is 3.60. The van der Waals surface area contributed by atoms with Crippen molar-refractivity contribution in [2.45, 2.75) is 18.7 Å². The van der Waals surface area contributed by atoms with Crippen LogP contribution in [-0.2, 0) is 14.8 Å². The van der Waals surface area contributed by atoms with Gasteiger partial charge in [-0.3, -0.25) is 9.10 Å². The number of nitrogens with one attached hydrogen (secondary N) is 1. The molecule has 0 aliphatic rings. The smallest absolute Gasteiger partial charge is 0.343 e. The molecule has 0 aliphatic heterocycles. The van der Waals surface area contributed by atoms with E-state index in [9.17, 15) is 18.0 Å². The summed E-state index contributed by atoms with van der Waals surface area (Å²) >= 11 is 6.26. The highest BCUT2D eigenvalue weighted by Gasteiger charge is 2.27. The largest absolute Gasteiger partial charge is 0.423 e. The number of nitrogens with zero attached hydrogens (tertiary/aromatic N) is 2. The van der Waals surface area contributed by atoms with Crippen LogP contribution in [-0.4, -0.2) is 33.1 Å². The number of hydrazone groups is 1. The SMILES string of the molecule is Cc1ccc(S(=O)(=O)N(CC(=O)N/N=C\c2ccc(OC(=O)c3ccccc3)cc2)c2ccc(C)c(Cl)c2)cc1. The standard InChI is InChI=1S/C30H26ClN3O5S/c1-21-8-16-27(17-9-21)40(37,38)34(25-13-10-22(2)28(31)18-25)20-29(35)33-32-19-23-11-14-26(15-12-23)39-30(36)24-6-4-3-5-7-24/h3-19H,20H2,1-2H3,(H,33,35)/b32-19-. The van der Waals surface area contributed by atoms with Gasteiger partial charge in [-0.15, -0.1) is 0 Å². The molecule has 4 aromatic rings. The van der Waals surface area contributed by atoms with Crippen molar-refractivity contribution in [2.24, 2.45) is 5.10 Å². The quantitative estimate of drug-likeness (QED) is 0.122. The molecule has 0 heterocycles. The fourth-order valence-corrected chi connectivity index (χ4v) is 5.18. The van der Waals surface area contributed by atoms with Gasteiger partial charge in [-0.2, -0.15) is 5.10 Å². The lowest BCUT2D eigenvalue weighted by Gasteiger charge is -2.24. The predicted molar refractivity (Wildman–Crippen MR) is 155 cm³/mol. The molecule has 8 nitrogen and oxygen atoms in total. The molecule has 4 rings (SSSR count). The fraction of sp³-hybridized carbons (Fsp3) is 0.100. The third-order valence-electron chi connectivity index (χ3n) is 5.84. The van der Waals surface area contributed by atoms with Crippen molar-refractivity contribution in [2.75, 3.05) is 10.8 Å². The van der Waals surface area contributed by atoms with Gasteiger partial charge in [0.15, 0.2) is 0 Å². The zero-order valence-electron chi connectivity index (χ0n) is 21.7. The lowest BCUT2D eigenvalue weighted by molar-refractivity contribution is -0.119. The van der Waals surface area contributed by atoms with Crippen molar-refractivity contribution in [3.05, 3.63) is 124 Å². The lowest BCUT2D eigenvalue weighted by atomic mass is 10.2. The number of amides is 1. The van der Waals surface area contributed by atoms with Gasteiger partial charge in [0.2, 0.25) is 0 Å². The zero-order valence-corrected chi connectivity index (χ0v) is 23.3. The molecule has 0 aromatic heterocycles. The average molecular weight is 576 g/mol. The van der Waals surface area contributed by atoms with E-state index in [1.807, 2.05) is 13.0 Å². The molecule has 0 saturated carbocycles. The summed E-state index contributed by atoms with van der Waals surface area (Å²) in [5.41, 5.74) is 5.34. The minimum absolute atomic E-state index is 0.0409.